The molecule has 1 saturated heterocycles. The van der Waals surface area contributed by atoms with E-state index in [0.717, 1.165) is 37.3 Å². The van der Waals surface area contributed by atoms with E-state index in [2.05, 4.69) is 31.7 Å². The van der Waals surface area contributed by atoms with Gasteiger partial charge in [0.2, 0.25) is 5.95 Å². The minimum atomic E-state index is -0.226. The first-order valence-electron chi connectivity index (χ1n) is 11.2. The number of aromatic nitrogens is 3. The molecule has 0 saturated carbocycles. The number of hydrogen-bond acceptors (Lipinski definition) is 9. The summed E-state index contributed by atoms with van der Waals surface area (Å²) in [5.41, 5.74) is 3.59. The molecule has 1 aliphatic rings. The molecule has 0 unspecified atom stereocenters. The van der Waals surface area contributed by atoms with Gasteiger partial charge in [-0.05, 0) is 31.0 Å². The molecule has 180 valence electrons. The van der Waals surface area contributed by atoms with E-state index < -0.39 is 0 Å². The Bertz CT molecular complexity index is 1250. The van der Waals surface area contributed by atoms with Crippen molar-refractivity contribution in [3.8, 4) is 23.1 Å². The minimum absolute atomic E-state index is 0.226. The zero-order valence-corrected chi connectivity index (χ0v) is 19.9. The van der Waals surface area contributed by atoms with Crippen LogP contribution >= 0.6 is 0 Å². The maximum Gasteiger partial charge on any atom is 0.272 e. The van der Waals surface area contributed by atoms with Crippen LogP contribution in [0, 0.1) is 11.3 Å². The summed E-state index contributed by atoms with van der Waals surface area (Å²) >= 11 is 0. The summed E-state index contributed by atoms with van der Waals surface area (Å²) in [5.74, 6) is 0.544. The lowest BCUT2D eigenvalue weighted by Crippen LogP contribution is -2.28. The Balaban J connectivity index is 1.55. The van der Waals surface area contributed by atoms with Gasteiger partial charge in [0.25, 0.3) is 5.91 Å². The van der Waals surface area contributed by atoms with Crippen LogP contribution in [0.4, 0.5) is 17.3 Å². The predicted molar refractivity (Wildman–Crippen MR) is 132 cm³/mol. The Labute approximate surface area is 203 Å². The molecule has 0 aliphatic carbocycles. The Morgan fingerprint density at radius 1 is 1.17 bits per heavy atom. The molecule has 0 atom stereocenters. The number of rotatable bonds is 7. The number of methoxy groups -OCH3 is 1. The molecule has 3 aromatic rings. The third-order valence-corrected chi connectivity index (χ3v) is 5.63. The molecule has 2 aromatic heterocycles. The SMILES string of the molecule is COc1cc(C(=O)N(C)C)ncc1Nc1nccc(-c2ccc(NC3CCOCC3)c(C#N)c2)n1. The van der Waals surface area contributed by atoms with Crippen molar-refractivity contribution in [2.75, 3.05) is 45.1 Å². The first-order chi connectivity index (χ1) is 17.0. The molecule has 1 amide bonds. The highest BCUT2D eigenvalue weighted by molar-refractivity contribution is 5.93. The third kappa shape index (κ3) is 5.65. The summed E-state index contributed by atoms with van der Waals surface area (Å²) in [6, 6.07) is 11.6. The maximum absolute atomic E-state index is 12.2. The van der Waals surface area contributed by atoms with Gasteiger partial charge in [0.15, 0.2) is 0 Å². The van der Waals surface area contributed by atoms with Crippen LogP contribution in [0.2, 0.25) is 0 Å². The molecule has 10 nitrogen and oxygen atoms in total. The van der Waals surface area contributed by atoms with Gasteiger partial charge in [-0.15, -0.1) is 0 Å². The number of nitrogens with one attached hydrogen (secondary N) is 2. The molecule has 3 heterocycles. The van der Waals surface area contributed by atoms with Crippen molar-refractivity contribution >= 4 is 23.2 Å². The summed E-state index contributed by atoms with van der Waals surface area (Å²) in [5, 5.41) is 16.3. The van der Waals surface area contributed by atoms with E-state index in [-0.39, 0.29) is 11.6 Å². The lowest BCUT2D eigenvalue weighted by atomic mass is 10.0. The molecular weight excluding hydrogens is 446 g/mol. The van der Waals surface area contributed by atoms with Gasteiger partial charge in [-0.2, -0.15) is 5.26 Å². The number of ether oxygens (including phenoxy) is 2. The van der Waals surface area contributed by atoms with E-state index in [9.17, 15) is 10.1 Å². The summed E-state index contributed by atoms with van der Waals surface area (Å²) < 4.78 is 10.8. The normalized spacial score (nSPS) is 13.5. The van der Waals surface area contributed by atoms with E-state index in [0.29, 0.717) is 34.7 Å². The van der Waals surface area contributed by atoms with Crippen LogP contribution in [0.5, 0.6) is 5.75 Å². The fourth-order valence-electron chi connectivity index (χ4n) is 3.73. The highest BCUT2D eigenvalue weighted by atomic mass is 16.5. The van der Waals surface area contributed by atoms with Crippen molar-refractivity contribution in [2.45, 2.75) is 18.9 Å². The monoisotopic (exact) mass is 473 g/mol. The number of carbonyl (C=O) groups is 1. The van der Waals surface area contributed by atoms with Gasteiger partial charge in [-0.25, -0.2) is 15.0 Å². The summed E-state index contributed by atoms with van der Waals surface area (Å²) in [6.07, 6.45) is 4.97. The minimum Gasteiger partial charge on any atom is -0.494 e. The smallest absolute Gasteiger partial charge is 0.272 e. The van der Waals surface area contributed by atoms with Gasteiger partial charge in [-0.3, -0.25) is 4.79 Å². The van der Waals surface area contributed by atoms with E-state index in [4.69, 9.17) is 9.47 Å². The second-order valence-electron chi connectivity index (χ2n) is 8.26. The standard InChI is InChI=1S/C25H27N7O3/c1-32(2)24(33)21-13-23(34-3)22(15-28-21)31-25-27-9-6-20(30-25)16-4-5-19(17(12-16)14-26)29-18-7-10-35-11-8-18/h4-6,9,12-13,15,18,29H,7-8,10-11H2,1-3H3,(H,27,30,31). The van der Waals surface area contributed by atoms with Crippen LogP contribution in [0.3, 0.4) is 0 Å². The van der Waals surface area contributed by atoms with Gasteiger partial charge >= 0.3 is 0 Å². The van der Waals surface area contributed by atoms with Gasteiger partial charge in [0.1, 0.15) is 23.2 Å². The summed E-state index contributed by atoms with van der Waals surface area (Å²) in [6.45, 7) is 1.45. The third-order valence-electron chi connectivity index (χ3n) is 5.63. The molecule has 2 N–H and O–H groups in total. The molecule has 4 rings (SSSR count). The lowest BCUT2D eigenvalue weighted by Gasteiger charge is -2.24. The zero-order chi connectivity index (χ0) is 24.8. The van der Waals surface area contributed by atoms with Crippen molar-refractivity contribution in [1.82, 2.24) is 19.9 Å². The Morgan fingerprint density at radius 3 is 2.69 bits per heavy atom. The van der Waals surface area contributed by atoms with E-state index >= 15 is 0 Å². The van der Waals surface area contributed by atoms with Crippen LogP contribution in [0.15, 0.2) is 42.7 Å². The van der Waals surface area contributed by atoms with Crippen LogP contribution in [-0.2, 0) is 4.74 Å². The number of amides is 1. The number of nitriles is 1. The van der Waals surface area contributed by atoms with Crippen LogP contribution in [-0.4, -0.2) is 66.2 Å². The first kappa shape index (κ1) is 23.9. The number of pyridine rings is 1. The van der Waals surface area contributed by atoms with Crippen molar-refractivity contribution in [3.63, 3.8) is 0 Å². The number of benzene rings is 1. The largest absolute Gasteiger partial charge is 0.494 e. The zero-order valence-electron chi connectivity index (χ0n) is 19.9. The molecule has 10 heteroatoms. The second-order valence-corrected chi connectivity index (χ2v) is 8.26. The molecule has 1 aliphatic heterocycles. The van der Waals surface area contributed by atoms with Crippen LogP contribution in [0.25, 0.3) is 11.3 Å². The van der Waals surface area contributed by atoms with Gasteiger partial charge in [-0.1, -0.05) is 6.07 Å². The molecule has 0 bridgehead atoms. The fraction of sp³-hybridized carbons (Fsp3) is 0.320. The molecule has 1 aromatic carbocycles. The van der Waals surface area contributed by atoms with Crippen molar-refractivity contribution in [1.29, 1.82) is 5.26 Å². The number of hydrogen-bond donors (Lipinski definition) is 2. The average Bonchev–Trinajstić information content (AvgIpc) is 2.89. The van der Waals surface area contributed by atoms with E-state index in [1.165, 1.54) is 18.2 Å². The molecule has 0 radical (unpaired) electrons. The van der Waals surface area contributed by atoms with E-state index in [1.54, 1.807) is 32.4 Å². The second kappa shape index (κ2) is 10.8. The number of nitrogens with zero attached hydrogens (tertiary/aromatic N) is 5. The lowest BCUT2D eigenvalue weighted by molar-refractivity contribution is 0.0821. The fourth-order valence-corrected chi connectivity index (χ4v) is 3.73. The molecule has 35 heavy (non-hydrogen) atoms. The Morgan fingerprint density at radius 2 is 1.97 bits per heavy atom. The molecule has 1 fully saturated rings. The topological polar surface area (TPSA) is 125 Å². The first-order valence-corrected chi connectivity index (χ1v) is 11.2. The summed E-state index contributed by atoms with van der Waals surface area (Å²) in [4.78, 5) is 26.8. The van der Waals surface area contributed by atoms with Crippen molar-refractivity contribution < 1.29 is 14.3 Å². The molecule has 0 spiro atoms. The number of carbonyl (C=O) groups excluding carboxylic acids is 1. The Kier molecular flexibility index (Phi) is 7.38. The van der Waals surface area contributed by atoms with Crippen molar-refractivity contribution in [2.24, 2.45) is 0 Å². The number of anilines is 3. The van der Waals surface area contributed by atoms with E-state index in [1.807, 2.05) is 18.2 Å². The van der Waals surface area contributed by atoms with Crippen LogP contribution < -0.4 is 15.4 Å². The summed E-state index contributed by atoms with van der Waals surface area (Å²) in [7, 11) is 4.83. The highest BCUT2D eigenvalue weighted by Gasteiger charge is 2.17. The quantitative estimate of drug-likeness (QED) is 0.530. The van der Waals surface area contributed by atoms with Crippen molar-refractivity contribution in [3.05, 3.63) is 54.0 Å². The van der Waals surface area contributed by atoms with Gasteiger partial charge in [0, 0.05) is 51.2 Å². The molecular formula is C25H27N7O3. The highest BCUT2D eigenvalue weighted by Crippen LogP contribution is 2.29. The maximum atomic E-state index is 12.2. The average molecular weight is 474 g/mol. The van der Waals surface area contributed by atoms with Gasteiger partial charge in [0.05, 0.1) is 30.3 Å². The predicted octanol–water partition coefficient (Wildman–Crippen LogP) is 3.46. The van der Waals surface area contributed by atoms with Crippen LogP contribution in [0.1, 0.15) is 28.9 Å². The Hall–Kier alpha value is -4.23. The van der Waals surface area contributed by atoms with Gasteiger partial charge < -0.3 is 25.0 Å².